The molecule has 12 aromatic rings. The van der Waals surface area contributed by atoms with Crippen LogP contribution in [-0.4, -0.2) is 28.7 Å². The molecule has 4 heterocycles. The third-order valence-corrected chi connectivity index (χ3v) is 11.3. The Kier molecular flexibility index (Phi) is 6.83. The Hall–Kier alpha value is -7.83. The molecule has 0 spiro atoms. The van der Waals surface area contributed by atoms with Crippen LogP contribution in [0.3, 0.4) is 0 Å². The van der Waals surface area contributed by atoms with Crippen molar-refractivity contribution in [3.05, 3.63) is 194 Å². The van der Waals surface area contributed by atoms with Crippen molar-refractivity contribution in [1.82, 2.24) is 28.7 Å². The van der Waals surface area contributed by atoms with Crippen LogP contribution in [0.5, 0.6) is 0 Å². The fourth-order valence-corrected chi connectivity index (χ4v) is 8.86. The molecule has 0 saturated heterocycles. The van der Waals surface area contributed by atoms with E-state index >= 15 is 0 Å². The van der Waals surface area contributed by atoms with Crippen LogP contribution in [0.1, 0.15) is 0 Å². The van der Waals surface area contributed by atoms with Gasteiger partial charge in [0.1, 0.15) is 0 Å². The van der Waals surface area contributed by atoms with Gasteiger partial charge in [0, 0.05) is 49.1 Å². The Balaban J connectivity index is 1.11. The Morgan fingerprint density at radius 1 is 0.298 bits per heavy atom. The lowest BCUT2D eigenvalue weighted by molar-refractivity contribution is 0.951. The Morgan fingerprint density at radius 3 is 1.33 bits per heavy atom. The highest BCUT2D eigenvalue weighted by Crippen LogP contribution is 2.39. The molecule has 6 nitrogen and oxygen atoms in total. The number of hydrogen-bond acceptors (Lipinski definition) is 3. The summed E-state index contributed by atoms with van der Waals surface area (Å²) in [6.07, 6.45) is 0. The van der Waals surface area contributed by atoms with Gasteiger partial charge in [-0.05, 0) is 60.7 Å². The molecule has 0 fully saturated rings. The Morgan fingerprint density at radius 2 is 0.737 bits per heavy atom. The second kappa shape index (κ2) is 12.3. The molecule has 0 bridgehead atoms. The number of para-hydroxylation sites is 6. The third kappa shape index (κ3) is 4.74. The molecular weight excluding hydrogens is 697 g/mol. The van der Waals surface area contributed by atoms with Crippen molar-refractivity contribution in [2.45, 2.75) is 0 Å². The average Bonchev–Trinajstić information content (AvgIpc) is 3.92. The molecule has 4 aromatic heterocycles. The zero-order valence-corrected chi connectivity index (χ0v) is 30.7. The molecule has 0 aliphatic heterocycles. The van der Waals surface area contributed by atoms with Gasteiger partial charge in [0.25, 0.3) is 0 Å². The smallest absolute Gasteiger partial charge is 0.238 e. The fourth-order valence-electron chi connectivity index (χ4n) is 8.86. The van der Waals surface area contributed by atoms with E-state index in [4.69, 9.17) is 15.0 Å². The van der Waals surface area contributed by atoms with Gasteiger partial charge in [0.05, 0.1) is 38.8 Å². The minimum Gasteiger partial charge on any atom is -0.309 e. The zero-order valence-electron chi connectivity index (χ0n) is 30.7. The Bertz CT molecular complexity index is 3430. The van der Waals surface area contributed by atoms with Crippen molar-refractivity contribution in [2.75, 3.05) is 0 Å². The maximum Gasteiger partial charge on any atom is 0.238 e. The molecule has 0 unspecified atom stereocenters. The van der Waals surface area contributed by atoms with E-state index in [1.807, 2.05) is 18.2 Å². The molecule has 0 atom stereocenters. The minimum absolute atomic E-state index is 0.573. The van der Waals surface area contributed by atoms with Crippen LogP contribution >= 0.6 is 0 Å². The van der Waals surface area contributed by atoms with E-state index in [-0.39, 0.29) is 0 Å². The largest absolute Gasteiger partial charge is 0.309 e. The third-order valence-electron chi connectivity index (χ3n) is 11.3. The lowest BCUT2D eigenvalue weighted by Crippen LogP contribution is -2.07. The number of hydrogen-bond donors (Lipinski definition) is 0. The van der Waals surface area contributed by atoms with Crippen LogP contribution in [0.4, 0.5) is 0 Å². The molecule has 0 radical (unpaired) electrons. The first kappa shape index (κ1) is 31.5. The number of benzene rings is 8. The summed E-state index contributed by atoms with van der Waals surface area (Å²) in [5.74, 6) is 1.79. The summed E-state index contributed by atoms with van der Waals surface area (Å²) >= 11 is 0. The predicted molar refractivity (Wildman–Crippen MR) is 234 cm³/mol. The van der Waals surface area contributed by atoms with Gasteiger partial charge in [-0.15, -0.1) is 0 Å². The van der Waals surface area contributed by atoms with E-state index in [0.29, 0.717) is 17.6 Å². The summed E-state index contributed by atoms with van der Waals surface area (Å²) in [6, 6.07) is 68.4. The monoisotopic (exact) mass is 728 g/mol. The summed E-state index contributed by atoms with van der Waals surface area (Å²) in [4.78, 5) is 15.7. The minimum atomic E-state index is 0.573. The average molecular weight is 729 g/mol. The van der Waals surface area contributed by atoms with Gasteiger partial charge in [0.2, 0.25) is 5.95 Å². The highest BCUT2D eigenvalue weighted by atomic mass is 15.2. The summed E-state index contributed by atoms with van der Waals surface area (Å²) < 4.78 is 6.92. The van der Waals surface area contributed by atoms with Crippen molar-refractivity contribution in [3.8, 4) is 40.1 Å². The van der Waals surface area contributed by atoms with E-state index in [9.17, 15) is 0 Å². The van der Waals surface area contributed by atoms with Gasteiger partial charge < -0.3 is 9.13 Å². The number of rotatable bonds is 5. The maximum atomic E-state index is 5.33. The Labute approximate surface area is 327 Å². The molecule has 0 saturated carbocycles. The quantitative estimate of drug-likeness (QED) is 0.177. The molecule has 8 aromatic carbocycles. The standard InChI is InChI=1S/C51H32N6/c1-2-16-33(17-3-1)49-52-50(54-51(53-49)57-45-27-13-6-20-37(45)38-21-7-14-28-46(38)57)40-23-9-15-29-47(40)56-44-26-12-8-22-39(44)41-32-34(30-31-48(41)56)55-42-24-10-4-18-35(42)36-19-5-11-25-43(36)55/h1-32H. The molecule has 266 valence electrons. The zero-order chi connectivity index (χ0) is 37.5. The van der Waals surface area contributed by atoms with Crippen LogP contribution < -0.4 is 0 Å². The molecule has 57 heavy (non-hydrogen) atoms. The van der Waals surface area contributed by atoms with E-state index in [2.05, 4.69) is 190 Å². The van der Waals surface area contributed by atoms with Crippen LogP contribution in [-0.2, 0) is 0 Å². The molecule has 0 aliphatic rings. The van der Waals surface area contributed by atoms with Crippen molar-refractivity contribution in [3.63, 3.8) is 0 Å². The highest BCUT2D eigenvalue weighted by Gasteiger charge is 2.22. The molecule has 6 heteroatoms. The normalized spacial score (nSPS) is 11.9. The SMILES string of the molecule is c1ccc(-c2nc(-c3ccccc3-n3c4ccccc4c4cc(-n5c6ccccc6c6ccccc65)ccc43)nc(-n3c4ccccc4c4ccccc43)n2)cc1. The summed E-state index contributed by atoms with van der Waals surface area (Å²) in [6.45, 7) is 0. The van der Waals surface area contributed by atoms with Crippen LogP contribution in [0.15, 0.2) is 194 Å². The molecule has 12 rings (SSSR count). The summed E-state index contributed by atoms with van der Waals surface area (Å²) in [5, 5.41) is 7.15. The van der Waals surface area contributed by atoms with Gasteiger partial charge in [-0.2, -0.15) is 9.97 Å². The molecule has 0 amide bonds. The van der Waals surface area contributed by atoms with Crippen molar-refractivity contribution in [2.24, 2.45) is 0 Å². The van der Waals surface area contributed by atoms with Gasteiger partial charge in [-0.1, -0.05) is 133 Å². The first-order valence-corrected chi connectivity index (χ1v) is 19.2. The fraction of sp³-hybridized carbons (Fsp3) is 0. The van der Waals surface area contributed by atoms with Gasteiger partial charge >= 0.3 is 0 Å². The van der Waals surface area contributed by atoms with E-state index in [0.717, 1.165) is 55.3 Å². The van der Waals surface area contributed by atoms with Crippen LogP contribution in [0, 0.1) is 0 Å². The maximum absolute atomic E-state index is 5.33. The van der Waals surface area contributed by atoms with Gasteiger partial charge in [-0.3, -0.25) is 4.57 Å². The van der Waals surface area contributed by atoms with E-state index < -0.39 is 0 Å². The van der Waals surface area contributed by atoms with E-state index in [1.54, 1.807) is 0 Å². The lowest BCUT2D eigenvalue weighted by atomic mass is 10.1. The highest BCUT2D eigenvalue weighted by molar-refractivity contribution is 6.13. The van der Waals surface area contributed by atoms with Gasteiger partial charge in [-0.25, -0.2) is 4.98 Å². The van der Waals surface area contributed by atoms with Crippen molar-refractivity contribution < 1.29 is 0 Å². The summed E-state index contributed by atoms with van der Waals surface area (Å²) in [5.41, 5.74) is 10.6. The van der Waals surface area contributed by atoms with E-state index in [1.165, 1.54) is 32.6 Å². The topological polar surface area (TPSA) is 53.5 Å². The molecular formula is C51H32N6. The number of fused-ring (bicyclic) bond motifs is 9. The lowest BCUT2D eigenvalue weighted by Gasteiger charge is -2.15. The molecule has 0 aliphatic carbocycles. The number of nitrogens with zero attached hydrogens (tertiary/aromatic N) is 6. The first-order valence-electron chi connectivity index (χ1n) is 19.2. The van der Waals surface area contributed by atoms with Gasteiger partial charge in [0.15, 0.2) is 11.6 Å². The van der Waals surface area contributed by atoms with Crippen molar-refractivity contribution in [1.29, 1.82) is 0 Å². The second-order valence-corrected chi connectivity index (χ2v) is 14.5. The second-order valence-electron chi connectivity index (χ2n) is 14.5. The van der Waals surface area contributed by atoms with Crippen LogP contribution in [0.25, 0.3) is 106 Å². The van der Waals surface area contributed by atoms with Crippen molar-refractivity contribution >= 4 is 65.4 Å². The molecule has 0 N–H and O–H groups in total. The predicted octanol–water partition coefficient (Wildman–Crippen LogP) is 12.5. The summed E-state index contributed by atoms with van der Waals surface area (Å²) in [7, 11) is 0. The first-order chi connectivity index (χ1) is 28.3. The number of aromatic nitrogens is 6. The van der Waals surface area contributed by atoms with Crippen LogP contribution in [0.2, 0.25) is 0 Å².